The molecule has 0 unspecified atom stereocenters. The minimum atomic E-state index is -2.64. The fourth-order valence-corrected chi connectivity index (χ4v) is 7.89. The van der Waals surface area contributed by atoms with Crippen molar-refractivity contribution in [2.75, 3.05) is 6.61 Å². The molecule has 0 aromatic carbocycles. The summed E-state index contributed by atoms with van der Waals surface area (Å²) >= 11 is 0. The summed E-state index contributed by atoms with van der Waals surface area (Å²) in [6, 6.07) is -1.60. The molecule has 11 heteroatoms. The Morgan fingerprint density at radius 1 is 0.585 bits per heavy atom. The van der Waals surface area contributed by atoms with E-state index < -0.39 is 63.7 Å². The van der Waals surface area contributed by atoms with Gasteiger partial charge in [0.25, 0.3) is 0 Å². The van der Waals surface area contributed by atoms with Gasteiger partial charge in [0.1, 0.15) is 18.3 Å². The Morgan fingerprint density at radius 3 is 1.17 bits per heavy atom. The van der Waals surface area contributed by atoms with E-state index in [2.05, 4.69) is 102 Å². The van der Waals surface area contributed by atoms with E-state index in [0.29, 0.717) is 0 Å². The van der Waals surface area contributed by atoms with E-state index in [0.717, 1.165) is 0 Å². The van der Waals surface area contributed by atoms with Crippen molar-refractivity contribution in [3.8, 4) is 0 Å². The molecule has 0 aliphatic carbocycles. The number of carbonyl (C=O) groups is 1. The SMILES string of the molecule is CC(C)(C)[Si](C)(C)OC[C@@H](O)[C@@H](O[Si](C)(C)C(C)(C)C)[C@H](O[Si](C)(C)C(C)(C)C)[C@@H](O[Si](C)(C)C(C)(C)C)C(=O)F. The van der Waals surface area contributed by atoms with Crippen LogP contribution < -0.4 is 0 Å². The Kier molecular flexibility index (Phi) is 13.4. The maximum Gasteiger partial charge on any atom is 0.331 e. The van der Waals surface area contributed by atoms with E-state index in [1.165, 1.54) is 0 Å². The molecule has 0 radical (unpaired) electrons. The van der Waals surface area contributed by atoms with E-state index in [4.69, 9.17) is 17.7 Å². The number of rotatable bonds is 13. The van der Waals surface area contributed by atoms with Gasteiger partial charge in [0.05, 0.1) is 6.61 Å². The van der Waals surface area contributed by atoms with Crippen LogP contribution in [0.3, 0.4) is 0 Å². The van der Waals surface area contributed by atoms with Crippen LogP contribution in [0.4, 0.5) is 4.39 Å². The summed E-state index contributed by atoms with van der Waals surface area (Å²) in [5, 5.41) is 11.1. The number of carbonyl (C=O) groups excluding carboxylic acids is 1. The predicted molar refractivity (Wildman–Crippen MR) is 181 cm³/mol. The fourth-order valence-electron chi connectivity index (χ4n) is 3.04. The van der Waals surface area contributed by atoms with E-state index in [1.54, 1.807) is 0 Å². The average molecular weight is 655 g/mol. The van der Waals surface area contributed by atoms with E-state index in [-0.39, 0.29) is 26.8 Å². The summed E-state index contributed by atoms with van der Waals surface area (Å²) in [5.74, 6) is 0. The molecular weight excluding hydrogens is 588 g/mol. The van der Waals surface area contributed by atoms with Gasteiger partial charge in [-0.2, -0.15) is 4.39 Å². The molecule has 1 N–H and O–H groups in total. The molecule has 41 heavy (non-hydrogen) atoms. The van der Waals surface area contributed by atoms with Crippen LogP contribution in [0.25, 0.3) is 0 Å². The number of hydrogen-bond donors (Lipinski definition) is 1. The maximum atomic E-state index is 15.3. The van der Waals surface area contributed by atoms with Crippen molar-refractivity contribution in [3.05, 3.63) is 0 Å². The molecule has 0 fully saturated rings. The molecule has 0 aliphatic rings. The largest absolute Gasteiger partial charge is 0.414 e. The zero-order valence-electron chi connectivity index (χ0n) is 30.4. The van der Waals surface area contributed by atoms with Crippen LogP contribution in [-0.4, -0.2) is 75.4 Å². The molecule has 0 saturated carbocycles. The second-order valence-electron chi connectivity index (χ2n) is 17.9. The van der Waals surface area contributed by atoms with Gasteiger partial charge >= 0.3 is 6.04 Å². The third-order valence-corrected chi connectivity index (χ3v) is 28.3. The number of halogens is 1. The zero-order chi connectivity index (χ0) is 33.4. The smallest absolute Gasteiger partial charge is 0.331 e. The van der Waals surface area contributed by atoms with Crippen LogP contribution in [0, 0.1) is 0 Å². The molecule has 6 nitrogen and oxygen atoms in total. The molecule has 4 atom stereocenters. The van der Waals surface area contributed by atoms with Gasteiger partial charge in [-0.3, -0.25) is 4.79 Å². The van der Waals surface area contributed by atoms with Crippen LogP contribution >= 0.6 is 0 Å². The Bertz CT molecular complexity index is 864. The summed E-state index contributed by atoms with van der Waals surface area (Å²) in [7, 11) is -10.0. The van der Waals surface area contributed by atoms with Crippen LogP contribution in [0.2, 0.25) is 72.5 Å². The van der Waals surface area contributed by atoms with Gasteiger partial charge < -0.3 is 22.8 Å². The molecule has 0 aromatic rings. The number of aliphatic hydroxyl groups excluding tert-OH is 1. The van der Waals surface area contributed by atoms with Gasteiger partial charge in [0.2, 0.25) is 0 Å². The van der Waals surface area contributed by atoms with Crippen molar-refractivity contribution in [2.24, 2.45) is 0 Å². The van der Waals surface area contributed by atoms with Gasteiger partial charge in [0, 0.05) is 0 Å². The molecule has 0 saturated heterocycles. The van der Waals surface area contributed by atoms with Gasteiger partial charge in [0.15, 0.2) is 39.4 Å². The third-order valence-electron chi connectivity index (χ3n) is 10.3. The van der Waals surface area contributed by atoms with Crippen molar-refractivity contribution >= 4 is 39.3 Å². The lowest BCUT2D eigenvalue weighted by Gasteiger charge is -2.49. The van der Waals surface area contributed by atoms with Crippen LogP contribution in [0.5, 0.6) is 0 Å². The highest BCUT2D eigenvalue weighted by atomic mass is 28.4. The summed E-state index contributed by atoms with van der Waals surface area (Å²) in [6.45, 7) is 41.7. The van der Waals surface area contributed by atoms with Crippen molar-refractivity contribution in [1.29, 1.82) is 0 Å². The highest BCUT2D eigenvalue weighted by Crippen LogP contribution is 2.44. The molecule has 0 aromatic heterocycles. The number of aliphatic hydroxyl groups is 1. The summed E-state index contributed by atoms with van der Waals surface area (Å²) < 4.78 is 42.0. The van der Waals surface area contributed by atoms with Gasteiger partial charge in [-0.1, -0.05) is 83.1 Å². The van der Waals surface area contributed by atoms with Crippen molar-refractivity contribution < 1.29 is 32.0 Å². The highest BCUT2D eigenvalue weighted by molar-refractivity contribution is 6.75. The normalized spacial score (nSPS) is 18.2. The minimum absolute atomic E-state index is 0.000429. The minimum Gasteiger partial charge on any atom is -0.414 e. The second-order valence-corrected chi connectivity index (χ2v) is 37.0. The monoisotopic (exact) mass is 654 g/mol. The lowest BCUT2D eigenvalue weighted by molar-refractivity contribution is -0.151. The van der Waals surface area contributed by atoms with Gasteiger partial charge in [-0.25, -0.2) is 0 Å². The van der Waals surface area contributed by atoms with E-state index in [1.807, 2.05) is 33.9 Å². The Balaban J connectivity index is 7.22. The molecule has 0 bridgehead atoms. The zero-order valence-corrected chi connectivity index (χ0v) is 34.4. The molecule has 0 spiro atoms. The molecule has 246 valence electrons. The molecule has 0 aliphatic heterocycles. The molecule has 0 amide bonds. The second kappa shape index (κ2) is 13.3. The average Bonchev–Trinajstić information content (AvgIpc) is 2.69. The highest BCUT2D eigenvalue weighted by Gasteiger charge is 2.53. The predicted octanol–water partition coefficient (Wildman–Crippen LogP) is 9.04. The third kappa shape index (κ3) is 11.0. The van der Waals surface area contributed by atoms with E-state index >= 15 is 4.39 Å². The first kappa shape index (κ1) is 41.3. The van der Waals surface area contributed by atoms with Gasteiger partial charge in [-0.05, 0) is 72.5 Å². The lowest BCUT2D eigenvalue weighted by atomic mass is 10.0. The molecular formula is C30H67FO6Si4. The summed E-state index contributed by atoms with van der Waals surface area (Å²) in [4.78, 5) is 12.9. The Labute approximate surface area is 257 Å². The van der Waals surface area contributed by atoms with E-state index in [9.17, 15) is 9.90 Å². The Morgan fingerprint density at radius 2 is 0.878 bits per heavy atom. The van der Waals surface area contributed by atoms with Crippen molar-refractivity contribution in [1.82, 2.24) is 0 Å². The van der Waals surface area contributed by atoms with Crippen molar-refractivity contribution in [2.45, 2.75) is 180 Å². The summed E-state index contributed by atoms with van der Waals surface area (Å²) in [5.41, 5.74) is 0. The summed E-state index contributed by atoms with van der Waals surface area (Å²) in [6.07, 6.45) is -4.85. The van der Waals surface area contributed by atoms with Crippen LogP contribution in [-0.2, 0) is 22.5 Å². The van der Waals surface area contributed by atoms with Crippen LogP contribution in [0.15, 0.2) is 0 Å². The standard InChI is InChI=1S/C30H67FO6Si4/c1-27(2,3)38(13,14)34-21-22(32)23(35-39(15,16)28(4,5)6)24(36-40(17,18)29(7,8)9)25(26(31)33)37-41(19,20)30(10,11)12/h22-25,32H,21H2,1-20H3/t22-,23-,24+,25-/m1/s1. The molecule has 0 heterocycles. The first-order valence-electron chi connectivity index (χ1n) is 15.2. The van der Waals surface area contributed by atoms with Crippen LogP contribution in [0.1, 0.15) is 83.1 Å². The fraction of sp³-hybridized carbons (Fsp3) is 0.967. The molecule has 0 rings (SSSR count). The topological polar surface area (TPSA) is 74.2 Å². The lowest BCUT2D eigenvalue weighted by Crippen LogP contribution is -2.62. The number of hydrogen-bond acceptors (Lipinski definition) is 6. The van der Waals surface area contributed by atoms with Crippen molar-refractivity contribution in [3.63, 3.8) is 0 Å². The quantitative estimate of drug-likeness (QED) is 0.158. The van der Waals surface area contributed by atoms with Gasteiger partial charge in [-0.15, -0.1) is 0 Å². The maximum absolute atomic E-state index is 15.3. The first-order chi connectivity index (χ1) is 17.6. The first-order valence-corrected chi connectivity index (χ1v) is 26.8. The Hall–Kier alpha value is 0.268.